The van der Waals surface area contributed by atoms with E-state index in [2.05, 4.69) is 42.2 Å². The molecule has 2 rings (SSSR count). The van der Waals surface area contributed by atoms with Crippen LogP contribution in [0.1, 0.15) is 0 Å². The second-order valence-electron chi connectivity index (χ2n) is 2.89. The normalized spacial score (nSPS) is 10.9. The molecule has 0 aromatic carbocycles. The van der Waals surface area contributed by atoms with Crippen molar-refractivity contribution < 1.29 is 4.42 Å². The molecule has 0 aliphatic heterocycles. The molecule has 0 radical (unpaired) electrons. The second kappa shape index (κ2) is 4.46. The van der Waals surface area contributed by atoms with Gasteiger partial charge in [-0.2, -0.15) is 0 Å². The van der Waals surface area contributed by atoms with Crippen LogP contribution in [0, 0.1) is 0 Å². The SMILES string of the molecule is NCCn1cc(-c2cc(Br)c(Br)o2)nn1. The summed E-state index contributed by atoms with van der Waals surface area (Å²) in [6.45, 7) is 1.18. The molecular weight excluding hydrogens is 328 g/mol. The van der Waals surface area contributed by atoms with Crippen molar-refractivity contribution in [2.45, 2.75) is 6.54 Å². The summed E-state index contributed by atoms with van der Waals surface area (Å²) in [6, 6.07) is 1.83. The van der Waals surface area contributed by atoms with Crippen molar-refractivity contribution in [2.75, 3.05) is 6.54 Å². The maximum Gasteiger partial charge on any atom is 0.184 e. The Morgan fingerprint density at radius 2 is 2.27 bits per heavy atom. The first-order chi connectivity index (χ1) is 7.20. The molecule has 0 spiro atoms. The topological polar surface area (TPSA) is 69.9 Å². The molecular formula is C8H8Br2N4O. The number of hydrogen-bond donors (Lipinski definition) is 1. The van der Waals surface area contributed by atoms with Crippen LogP contribution in [-0.2, 0) is 6.54 Å². The van der Waals surface area contributed by atoms with Gasteiger partial charge in [0.1, 0.15) is 5.69 Å². The average molecular weight is 336 g/mol. The highest BCUT2D eigenvalue weighted by Gasteiger charge is 2.11. The lowest BCUT2D eigenvalue weighted by Crippen LogP contribution is -2.10. The fourth-order valence-electron chi connectivity index (χ4n) is 1.13. The lowest BCUT2D eigenvalue weighted by molar-refractivity contribution is 0.551. The van der Waals surface area contributed by atoms with E-state index in [4.69, 9.17) is 10.2 Å². The van der Waals surface area contributed by atoms with Gasteiger partial charge in [-0.3, -0.25) is 4.68 Å². The molecule has 0 aliphatic carbocycles. The van der Waals surface area contributed by atoms with Gasteiger partial charge < -0.3 is 10.2 Å². The van der Waals surface area contributed by atoms with Crippen LogP contribution in [0.15, 0.2) is 25.8 Å². The maximum atomic E-state index is 5.41. The predicted molar refractivity (Wildman–Crippen MR) is 62.2 cm³/mol. The van der Waals surface area contributed by atoms with Gasteiger partial charge in [0.2, 0.25) is 0 Å². The molecule has 0 aliphatic rings. The van der Waals surface area contributed by atoms with Crippen molar-refractivity contribution in [3.63, 3.8) is 0 Å². The van der Waals surface area contributed by atoms with E-state index in [-0.39, 0.29) is 0 Å². The summed E-state index contributed by atoms with van der Waals surface area (Å²) in [5, 5.41) is 7.90. The van der Waals surface area contributed by atoms with E-state index in [9.17, 15) is 0 Å². The summed E-state index contributed by atoms with van der Waals surface area (Å²) in [5.41, 5.74) is 6.10. The molecule has 15 heavy (non-hydrogen) atoms. The number of nitrogens with two attached hydrogens (primary N) is 1. The van der Waals surface area contributed by atoms with Crippen LogP contribution < -0.4 is 5.73 Å². The number of furan rings is 1. The van der Waals surface area contributed by atoms with Gasteiger partial charge in [0.05, 0.1) is 17.2 Å². The van der Waals surface area contributed by atoms with Crippen LogP contribution in [0.3, 0.4) is 0 Å². The third-order valence-corrected chi connectivity index (χ3v) is 3.50. The second-order valence-corrected chi connectivity index (χ2v) is 4.46. The highest BCUT2D eigenvalue weighted by molar-refractivity contribution is 9.13. The van der Waals surface area contributed by atoms with Gasteiger partial charge in [0.15, 0.2) is 10.4 Å². The molecule has 2 heterocycles. The van der Waals surface area contributed by atoms with Crippen molar-refractivity contribution in [1.82, 2.24) is 15.0 Å². The smallest absolute Gasteiger partial charge is 0.184 e. The Hall–Kier alpha value is -0.660. The minimum Gasteiger partial charge on any atom is -0.446 e. The van der Waals surface area contributed by atoms with Gasteiger partial charge in [-0.1, -0.05) is 5.21 Å². The molecule has 0 atom stereocenters. The third-order valence-electron chi connectivity index (χ3n) is 1.79. The van der Waals surface area contributed by atoms with Crippen LogP contribution in [0.25, 0.3) is 11.5 Å². The fourth-order valence-corrected chi connectivity index (χ4v) is 1.70. The first-order valence-corrected chi connectivity index (χ1v) is 5.84. The van der Waals surface area contributed by atoms with E-state index in [0.29, 0.717) is 29.2 Å². The van der Waals surface area contributed by atoms with E-state index in [1.807, 2.05) is 6.07 Å². The summed E-state index contributed by atoms with van der Waals surface area (Å²) in [7, 11) is 0. The van der Waals surface area contributed by atoms with Gasteiger partial charge in [-0.05, 0) is 31.9 Å². The number of hydrogen-bond acceptors (Lipinski definition) is 4. The number of nitrogens with zero attached hydrogens (tertiary/aromatic N) is 3. The number of halogens is 2. The van der Waals surface area contributed by atoms with Crippen LogP contribution in [-0.4, -0.2) is 21.5 Å². The molecule has 7 heteroatoms. The van der Waals surface area contributed by atoms with E-state index in [1.165, 1.54) is 0 Å². The molecule has 5 nitrogen and oxygen atoms in total. The molecule has 0 saturated carbocycles. The van der Waals surface area contributed by atoms with Gasteiger partial charge in [0.25, 0.3) is 0 Å². The zero-order valence-electron chi connectivity index (χ0n) is 7.65. The van der Waals surface area contributed by atoms with Crippen molar-refractivity contribution in [1.29, 1.82) is 0 Å². The van der Waals surface area contributed by atoms with Crippen molar-refractivity contribution in [2.24, 2.45) is 5.73 Å². The quantitative estimate of drug-likeness (QED) is 0.931. The van der Waals surface area contributed by atoms with Crippen molar-refractivity contribution in [3.05, 3.63) is 21.4 Å². The third kappa shape index (κ3) is 2.30. The van der Waals surface area contributed by atoms with Crippen molar-refractivity contribution >= 4 is 31.9 Å². The highest BCUT2D eigenvalue weighted by Crippen LogP contribution is 2.31. The molecule has 2 aromatic rings. The minimum absolute atomic E-state index is 0.536. The summed E-state index contributed by atoms with van der Waals surface area (Å²) in [5.74, 6) is 0.664. The zero-order chi connectivity index (χ0) is 10.8. The van der Waals surface area contributed by atoms with Crippen LogP contribution >= 0.6 is 31.9 Å². The minimum atomic E-state index is 0.536. The monoisotopic (exact) mass is 334 g/mol. The molecule has 2 N–H and O–H groups in total. The summed E-state index contributed by atoms with van der Waals surface area (Å²) in [6.07, 6.45) is 1.80. The van der Waals surface area contributed by atoms with Crippen LogP contribution in [0.5, 0.6) is 0 Å². The Balaban J connectivity index is 2.28. The summed E-state index contributed by atoms with van der Waals surface area (Å²) < 4.78 is 8.59. The van der Waals surface area contributed by atoms with Crippen LogP contribution in [0.2, 0.25) is 0 Å². The fraction of sp³-hybridized carbons (Fsp3) is 0.250. The first-order valence-electron chi connectivity index (χ1n) is 4.26. The molecule has 0 bridgehead atoms. The van der Waals surface area contributed by atoms with E-state index < -0.39 is 0 Å². The molecule has 0 unspecified atom stereocenters. The Kier molecular flexibility index (Phi) is 3.22. The van der Waals surface area contributed by atoms with Gasteiger partial charge in [-0.15, -0.1) is 5.10 Å². The summed E-state index contributed by atoms with van der Waals surface area (Å²) in [4.78, 5) is 0. The molecule has 2 aromatic heterocycles. The maximum absolute atomic E-state index is 5.41. The standard InChI is InChI=1S/C8H8Br2N4O/c9-5-3-7(15-8(5)10)6-4-14(2-1-11)13-12-6/h3-4H,1-2,11H2. The van der Waals surface area contributed by atoms with Gasteiger partial charge in [0, 0.05) is 12.6 Å². The van der Waals surface area contributed by atoms with E-state index >= 15 is 0 Å². The molecule has 80 valence electrons. The van der Waals surface area contributed by atoms with Gasteiger partial charge >= 0.3 is 0 Å². The lowest BCUT2D eigenvalue weighted by atomic mass is 10.3. The largest absolute Gasteiger partial charge is 0.446 e. The average Bonchev–Trinajstić information content (AvgIpc) is 2.76. The number of rotatable bonds is 3. The predicted octanol–water partition coefficient (Wildman–Crippen LogP) is 2.02. The molecule has 0 fully saturated rings. The van der Waals surface area contributed by atoms with Crippen molar-refractivity contribution in [3.8, 4) is 11.5 Å². The zero-order valence-corrected chi connectivity index (χ0v) is 10.8. The molecule has 0 saturated heterocycles. The number of aromatic nitrogens is 3. The Labute approximate surface area is 103 Å². The highest BCUT2D eigenvalue weighted by atomic mass is 79.9. The van der Waals surface area contributed by atoms with E-state index in [1.54, 1.807) is 10.9 Å². The first kappa shape index (κ1) is 10.8. The summed E-state index contributed by atoms with van der Waals surface area (Å²) >= 11 is 6.60. The Morgan fingerprint density at radius 3 is 2.87 bits per heavy atom. The lowest BCUT2D eigenvalue weighted by Gasteiger charge is -1.92. The van der Waals surface area contributed by atoms with Crippen LogP contribution in [0.4, 0.5) is 0 Å². The Bertz CT molecular complexity index is 445. The van der Waals surface area contributed by atoms with Gasteiger partial charge in [-0.25, -0.2) is 0 Å². The molecule has 0 amide bonds. The Morgan fingerprint density at radius 1 is 1.47 bits per heavy atom. The van der Waals surface area contributed by atoms with E-state index in [0.717, 1.165) is 4.47 Å².